The van der Waals surface area contributed by atoms with Crippen molar-refractivity contribution in [3.8, 4) is 11.3 Å². The van der Waals surface area contributed by atoms with Crippen LogP contribution in [0.15, 0.2) is 36.4 Å². The molecule has 3 aromatic rings. The zero-order valence-corrected chi connectivity index (χ0v) is 16.4. The van der Waals surface area contributed by atoms with Gasteiger partial charge in [-0.1, -0.05) is 37.5 Å². The number of hydrogen-bond donors (Lipinski definition) is 2. The number of rotatable bonds is 2. The molecule has 1 saturated carbocycles. The first-order valence-electron chi connectivity index (χ1n) is 10.5. The van der Waals surface area contributed by atoms with Crippen molar-refractivity contribution in [2.75, 3.05) is 6.54 Å². The van der Waals surface area contributed by atoms with Crippen LogP contribution in [0.1, 0.15) is 59.5 Å². The van der Waals surface area contributed by atoms with E-state index >= 15 is 0 Å². The summed E-state index contributed by atoms with van der Waals surface area (Å²) in [7, 11) is 0. The minimum atomic E-state index is -1.08. The minimum Gasteiger partial charge on any atom is -0.478 e. The SMILES string of the molecule is O=C(O)c1cc(F)cc2c1-c1c(C3CCCCC3)c3ccccc3n1CCNC2. The van der Waals surface area contributed by atoms with Gasteiger partial charge in [0.25, 0.3) is 0 Å². The van der Waals surface area contributed by atoms with E-state index in [9.17, 15) is 14.3 Å². The number of halogens is 1. The van der Waals surface area contributed by atoms with Crippen LogP contribution in [0.5, 0.6) is 0 Å². The largest absolute Gasteiger partial charge is 0.478 e. The molecule has 0 amide bonds. The third kappa shape index (κ3) is 3.04. The van der Waals surface area contributed by atoms with Crippen molar-refractivity contribution in [1.82, 2.24) is 9.88 Å². The first-order chi connectivity index (χ1) is 14.1. The van der Waals surface area contributed by atoms with E-state index in [0.717, 1.165) is 42.7 Å². The molecule has 150 valence electrons. The number of para-hydroxylation sites is 1. The summed E-state index contributed by atoms with van der Waals surface area (Å²) in [6.07, 6.45) is 5.91. The van der Waals surface area contributed by atoms with Gasteiger partial charge in [-0.3, -0.25) is 0 Å². The molecule has 4 nitrogen and oxygen atoms in total. The van der Waals surface area contributed by atoms with E-state index in [1.54, 1.807) is 0 Å². The summed E-state index contributed by atoms with van der Waals surface area (Å²) >= 11 is 0. The average molecular weight is 392 g/mol. The van der Waals surface area contributed by atoms with E-state index < -0.39 is 11.8 Å². The normalized spacial score (nSPS) is 17.4. The smallest absolute Gasteiger partial charge is 0.336 e. The number of carboxylic acid groups (broad SMARTS) is 1. The lowest BCUT2D eigenvalue weighted by atomic mass is 9.80. The molecule has 0 saturated heterocycles. The Morgan fingerprint density at radius 1 is 1.14 bits per heavy atom. The van der Waals surface area contributed by atoms with Crippen LogP contribution >= 0.6 is 0 Å². The number of fused-ring (bicyclic) bond motifs is 5. The fourth-order valence-electron chi connectivity index (χ4n) is 5.30. The summed E-state index contributed by atoms with van der Waals surface area (Å²) in [5, 5.41) is 14.5. The van der Waals surface area contributed by atoms with Gasteiger partial charge in [-0.15, -0.1) is 0 Å². The van der Waals surface area contributed by atoms with Crippen molar-refractivity contribution in [2.24, 2.45) is 0 Å². The maximum atomic E-state index is 14.3. The molecule has 0 unspecified atom stereocenters. The van der Waals surface area contributed by atoms with E-state index in [4.69, 9.17) is 0 Å². The predicted octanol–water partition coefficient (Wildman–Crippen LogP) is 5.30. The highest BCUT2D eigenvalue weighted by Crippen LogP contribution is 2.46. The van der Waals surface area contributed by atoms with Crippen molar-refractivity contribution in [2.45, 2.75) is 51.1 Å². The fourth-order valence-corrected chi connectivity index (χ4v) is 5.30. The Labute approximate surface area is 169 Å². The van der Waals surface area contributed by atoms with Crippen LogP contribution in [0.25, 0.3) is 22.2 Å². The molecule has 1 aliphatic heterocycles. The summed E-state index contributed by atoms with van der Waals surface area (Å²) in [6.45, 7) is 1.99. The van der Waals surface area contributed by atoms with Gasteiger partial charge in [-0.2, -0.15) is 0 Å². The Balaban J connectivity index is 1.90. The van der Waals surface area contributed by atoms with Gasteiger partial charge in [-0.05, 0) is 48.1 Å². The molecule has 2 aliphatic rings. The van der Waals surface area contributed by atoms with Gasteiger partial charge in [0.15, 0.2) is 0 Å². The molecule has 1 aliphatic carbocycles. The van der Waals surface area contributed by atoms with Crippen LogP contribution in [0.4, 0.5) is 4.39 Å². The highest BCUT2D eigenvalue weighted by molar-refractivity contribution is 6.01. The lowest BCUT2D eigenvalue weighted by molar-refractivity contribution is 0.0697. The lowest BCUT2D eigenvalue weighted by Crippen LogP contribution is -2.24. The highest BCUT2D eigenvalue weighted by Gasteiger charge is 2.30. The average Bonchev–Trinajstić information content (AvgIpc) is 3.03. The van der Waals surface area contributed by atoms with Crippen LogP contribution < -0.4 is 5.32 Å². The topological polar surface area (TPSA) is 54.3 Å². The molecule has 1 aromatic heterocycles. The number of hydrogen-bond acceptors (Lipinski definition) is 2. The van der Waals surface area contributed by atoms with E-state index in [2.05, 4.69) is 28.1 Å². The molecule has 5 heteroatoms. The van der Waals surface area contributed by atoms with E-state index in [1.807, 2.05) is 6.07 Å². The summed E-state index contributed by atoms with van der Waals surface area (Å²) in [4.78, 5) is 12.1. The Morgan fingerprint density at radius 3 is 2.72 bits per heavy atom. The molecular formula is C24H25FN2O2. The number of carbonyl (C=O) groups is 1. The Hall–Kier alpha value is -2.66. The first kappa shape index (κ1) is 18.4. The molecule has 2 heterocycles. The van der Waals surface area contributed by atoms with Crippen LogP contribution in [-0.2, 0) is 13.1 Å². The molecule has 0 bridgehead atoms. The second-order valence-corrected chi connectivity index (χ2v) is 8.24. The summed E-state index contributed by atoms with van der Waals surface area (Å²) < 4.78 is 16.5. The van der Waals surface area contributed by atoms with Crippen molar-refractivity contribution in [3.05, 3.63) is 58.9 Å². The van der Waals surface area contributed by atoms with Crippen LogP contribution in [0.2, 0.25) is 0 Å². The molecule has 0 atom stereocenters. The third-order valence-electron chi connectivity index (χ3n) is 6.50. The molecule has 2 N–H and O–H groups in total. The van der Waals surface area contributed by atoms with Gasteiger partial charge in [0.1, 0.15) is 5.82 Å². The molecule has 5 rings (SSSR count). The molecule has 0 spiro atoms. The van der Waals surface area contributed by atoms with Gasteiger partial charge < -0.3 is 15.0 Å². The number of benzene rings is 2. The molecule has 2 aromatic carbocycles. The summed E-state index contributed by atoms with van der Waals surface area (Å²) in [5.41, 5.74) is 4.86. The van der Waals surface area contributed by atoms with E-state index in [1.165, 1.54) is 42.3 Å². The van der Waals surface area contributed by atoms with Gasteiger partial charge in [0, 0.05) is 36.1 Å². The number of aromatic nitrogens is 1. The molecule has 1 fully saturated rings. The van der Waals surface area contributed by atoms with Gasteiger partial charge >= 0.3 is 5.97 Å². The van der Waals surface area contributed by atoms with Crippen LogP contribution in [-0.4, -0.2) is 22.2 Å². The van der Waals surface area contributed by atoms with Crippen LogP contribution in [0.3, 0.4) is 0 Å². The zero-order valence-electron chi connectivity index (χ0n) is 16.4. The number of nitrogens with zero attached hydrogens (tertiary/aromatic N) is 1. The second-order valence-electron chi connectivity index (χ2n) is 8.24. The summed E-state index contributed by atoms with van der Waals surface area (Å²) in [5.74, 6) is -1.16. The number of nitrogens with one attached hydrogen (secondary N) is 1. The highest BCUT2D eigenvalue weighted by atomic mass is 19.1. The van der Waals surface area contributed by atoms with Crippen molar-refractivity contribution < 1.29 is 14.3 Å². The fraction of sp³-hybridized carbons (Fsp3) is 0.375. The second kappa shape index (κ2) is 7.30. The third-order valence-corrected chi connectivity index (χ3v) is 6.50. The molecular weight excluding hydrogens is 367 g/mol. The summed E-state index contributed by atoms with van der Waals surface area (Å²) in [6, 6.07) is 11.0. The Bertz CT molecular complexity index is 1100. The van der Waals surface area contributed by atoms with Crippen LogP contribution in [0, 0.1) is 5.82 Å². The monoisotopic (exact) mass is 392 g/mol. The van der Waals surface area contributed by atoms with Crippen molar-refractivity contribution in [3.63, 3.8) is 0 Å². The minimum absolute atomic E-state index is 0.0600. The first-order valence-corrected chi connectivity index (χ1v) is 10.5. The molecule has 29 heavy (non-hydrogen) atoms. The van der Waals surface area contributed by atoms with Gasteiger partial charge in [-0.25, -0.2) is 9.18 Å². The lowest BCUT2D eigenvalue weighted by Gasteiger charge is -2.26. The van der Waals surface area contributed by atoms with Gasteiger partial charge in [0.05, 0.1) is 11.3 Å². The number of carboxylic acids is 1. The predicted molar refractivity (Wildman–Crippen MR) is 112 cm³/mol. The Kier molecular flexibility index (Phi) is 4.63. The Morgan fingerprint density at radius 2 is 1.93 bits per heavy atom. The number of aromatic carboxylic acids is 1. The standard InChI is InChI=1S/C24H25FN2O2/c25-17-12-16-14-26-10-11-27-20-9-5-4-8-18(20)21(15-6-2-1-3-7-15)23(27)22(16)19(13-17)24(28)29/h4-5,8-9,12-13,15,26H,1-3,6-7,10-11,14H2,(H,28,29). The van der Waals surface area contributed by atoms with Crippen molar-refractivity contribution in [1.29, 1.82) is 0 Å². The maximum absolute atomic E-state index is 14.3. The van der Waals surface area contributed by atoms with E-state index in [-0.39, 0.29) is 5.56 Å². The zero-order chi connectivity index (χ0) is 20.0. The van der Waals surface area contributed by atoms with E-state index in [0.29, 0.717) is 18.0 Å². The van der Waals surface area contributed by atoms with Gasteiger partial charge in [0.2, 0.25) is 0 Å². The molecule has 0 radical (unpaired) electrons. The van der Waals surface area contributed by atoms with Crippen molar-refractivity contribution >= 4 is 16.9 Å². The maximum Gasteiger partial charge on any atom is 0.336 e. The quantitative estimate of drug-likeness (QED) is 0.622.